The molecule has 33 heavy (non-hydrogen) atoms. The maximum Gasteiger partial charge on any atom is 0.272 e. The first kappa shape index (κ1) is 22.8. The maximum atomic E-state index is 13.2. The Hall–Kier alpha value is -3.39. The van der Waals surface area contributed by atoms with E-state index in [1.807, 2.05) is 40.1 Å². The predicted molar refractivity (Wildman–Crippen MR) is 124 cm³/mol. The quantitative estimate of drug-likeness (QED) is 0.594. The van der Waals surface area contributed by atoms with Crippen molar-refractivity contribution in [2.24, 2.45) is 0 Å². The number of rotatable bonds is 5. The Morgan fingerprint density at radius 1 is 1.06 bits per heavy atom. The molecule has 1 aliphatic rings. The number of halogens is 1. The summed E-state index contributed by atoms with van der Waals surface area (Å²) in [5.41, 5.74) is 4.87. The Morgan fingerprint density at radius 3 is 2.52 bits per heavy atom. The Balaban J connectivity index is 1.53. The van der Waals surface area contributed by atoms with E-state index in [9.17, 15) is 9.18 Å². The van der Waals surface area contributed by atoms with Crippen LogP contribution in [0.4, 0.5) is 10.3 Å². The highest BCUT2D eigenvalue weighted by Crippen LogP contribution is 2.24. The second-order valence-electron chi connectivity index (χ2n) is 8.54. The van der Waals surface area contributed by atoms with Gasteiger partial charge >= 0.3 is 0 Å². The van der Waals surface area contributed by atoms with Gasteiger partial charge in [-0.15, -0.1) is 0 Å². The molecule has 1 aromatic carbocycles. The average Bonchev–Trinajstić information content (AvgIpc) is 2.79. The lowest BCUT2D eigenvalue weighted by atomic mass is 10.0. The van der Waals surface area contributed by atoms with Crippen LogP contribution in [0.5, 0.6) is 0 Å². The number of aromatic nitrogens is 3. The highest BCUT2D eigenvalue weighted by atomic mass is 19.1. The van der Waals surface area contributed by atoms with E-state index < -0.39 is 0 Å². The zero-order chi connectivity index (χ0) is 23.5. The minimum absolute atomic E-state index is 0.143. The van der Waals surface area contributed by atoms with Crippen molar-refractivity contribution in [3.63, 3.8) is 0 Å². The van der Waals surface area contributed by atoms with E-state index in [0.29, 0.717) is 37.8 Å². The summed E-state index contributed by atoms with van der Waals surface area (Å²) in [5, 5.41) is 0. The fourth-order valence-electron chi connectivity index (χ4n) is 3.91. The summed E-state index contributed by atoms with van der Waals surface area (Å²) < 4.78 is 19.2. The third kappa shape index (κ3) is 5.51. The Labute approximate surface area is 193 Å². The van der Waals surface area contributed by atoms with Crippen LogP contribution in [-0.4, -0.2) is 59.6 Å². The number of morpholine rings is 1. The molecule has 0 aliphatic carbocycles. The molecule has 3 aromatic rings. The molecule has 2 aromatic heterocycles. The van der Waals surface area contributed by atoms with Crippen molar-refractivity contribution in [3.8, 4) is 0 Å². The summed E-state index contributed by atoms with van der Waals surface area (Å²) >= 11 is 0. The molecule has 1 saturated heterocycles. The first-order valence-electron chi connectivity index (χ1n) is 10.9. The van der Waals surface area contributed by atoms with Crippen molar-refractivity contribution in [1.29, 1.82) is 0 Å². The number of pyridine rings is 1. The third-order valence-electron chi connectivity index (χ3n) is 5.50. The van der Waals surface area contributed by atoms with Crippen molar-refractivity contribution in [2.75, 3.05) is 38.7 Å². The normalized spacial score (nSPS) is 16.0. The van der Waals surface area contributed by atoms with Crippen LogP contribution >= 0.6 is 0 Å². The fraction of sp³-hybridized carbons (Fsp3) is 0.360. The molecule has 3 heterocycles. The highest BCUT2D eigenvalue weighted by molar-refractivity contribution is 5.92. The summed E-state index contributed by atoms with van der Waals surface area (Å²) in [6.45, 7) is 5.10. The number of carbonyl (C=O) groups is 1. The summed E-state index contributed by atoms with van der Waals surface area (Å²) in [5.74, 6) is 0.118. The summed E-state index contributed by atoms with van der Waals surface area (Å²) in [6, 6.07) is 12.2. The van der Waals surface area contributed by atoms with Gasteiger partial charge in [0.2, 0.25) is 5.95 Å². The van der Waals surface area contributed by atoms with Crippen LogP contribution in [0.15, 0.2) is 42.5 Å². The lowest BCUT2D eigenvalue weighted by Gasteiger charge is -2.33. The van der Waals surface area contributed by atoms with E-state index >= 15 is 0 Å². The monoisotopic (exact) mass is 449 g/mol. The first-order valence-corrected chi connectivity index (χ1v) is 10.9. The summed E-state index contributed by atoms with van der Waals surface area (Å²) in [7, 11) is 3.70. The van der Waals surface area contributed by atoms with E-state index in [0.717, 1.165) is 28.2 Å². The molecule has 1 fully saturated rings. The van der Waals surface area contributed by atoms with Gasteiger partial charge in [0, 0.05) is 32.0 Å². The van der Waals surface area contributed by atoms with Crippen LogP contribution in [-0.2, 0) is 11.2 Å². The van der Waals surface area contributed by atoms with Crippen molar-refractivity contribution < 1.29 is 13.9 Å². The molecule has 0 N–H and O–H groups in total. The molecule has 1 amide bonds. The molecule has 0 spiro atoms. The largest absolute Gasteiger partial charge is 0.368 e. The molecule has 7 nitrogen and oxygen atoms in total. The number of amides is 1. The SMILES string of the molecule is Cc1cc(Cc2ccc(F)cc2)cc([C@@H]2CN(C(=O)c3cc(C)nc(N(C)C)n3)CCO2)n1. The molecular weight excluding hydrogens is 421 g/mol. The Bertz CT molecular complexity index is 1150. The molecule has 0 saturated carbocycles. The summed E-state index contributed by atoms with van der Waals surface area (Å²) in [6.07, 6.45) is 0.338. The van der Waals surface area contributed by atoms with Crippen molar-refractivity contribution >= 4 is 11.9 Å². The minimum Gasteiger partial charge on any atom is -0.368 e. The van der Waals surface area contributed by atoms with E-state index in [4.69, 9.17) is 4.74 Å². The van der Waals surface area contributed by atoms with Crippen LogP contribution in [0.2, 0.25) is 0 Å². The maximum absolute atomic E-state index is 13.2. The Kier molecular flexibility index (Phi) is 6.65. The number of hydrogen-bond acceptors (Lipinski definition) is 6. The molecule has 172 valence electrons. The standard InChI is InChI=1S/C25H28FN5O2/c1-16-11-19(13-18-5-7-20(26)8-6-18)14-21(27-16)23-15-31(9-10-33-23)24(32)22-12-17(2)28-25(29-22)30(3)4/h5-8,11-12,14,23H,9-10,13,15H2,1-4H3/t23-/m0/s1. The van der Waals surface area contributed by atoms with E-state index in [1.165, 1.54) is 12.1 Å². The van der Waals surface area contributed by atoms with Gasteiger partial charge in [-0.2, -0.15) is 0 Å². The van der Waals surface area contributed by atoms with Crippen molar-refractivity contribution in [1.82, 2.24) is 19.9 Å². The van der Waals surface area contributed by atoms with Crippen molar-refractivity contribution in [2.45, 2.75) is 26.4 Å². The van der Waals surface area contributed by atoms with Gasteiger partial charge in [-0.3, -0.25) is 9.78 Å². The smallest absolute Gasteiger partial charge is 0.272 e. The minimum atomic E-state index is -0.328. The van der Waals surface area contributed by atoms with Crippen LogP contribution in [0.3, 0.4) is 0 Å². The number of hydrogen-bond donors (Lipinski definition) is 0. The van der Waals surface area contributed by atoms with Gasteiger partial charge < -0.3 is 14.5 Å². The average molecular weight is 450 g/mol. The second kappa shape index (κ2) is 9.62. The number of anilines is 1. The number of benzene rings is 1. The number of nitrogens with zero attached hydrogens (tertiary/aromatic N) is 5. The van der Waals surface area contributed by atoms with E-state index in [2.05, 4.69) is 15.0 Å². The van der Waals surface area contributed by atoms with Gasteiger partial charge in [0.1, 0.15) is 17.6 Å². The van der Waals surface area contributed by atoms with E-state index in [-0.39, 0.29) is 17.8 Å². The second-order valence-corrected chi connectivity index (χ2v) is 8.54. The first-order chi connectivity index (χ1) is 15.8. The van der Waals surface area contributed by atoms with Gasteiger partial charge in [-0.05, 0) is 61.7 Å². The van der Waals surface area contributed by atoms with Crippen molar-refractivity contribution in [3.05, 3.63) is 82.2 Å². The molecule has 4 rings (SSSR count). The zero-order valence-electron chi connectivity index (χ0n) is 19.4. The van der Waals surface area contributed by atoms with Gasteiger partial charge in [-0.1, -0.05) is 12.1 Å². The lowest BCUT2D eigenvalue weighted by Crippen LogP contribution is -2.43. The van der Waals surface area contributed by atoms with Crippen LogP contribution in [0.1, 0.15) is 44.8 Å². The van der Waals surface area contributed by atoms with Gasteiger partial charge in [0.05, 0.1) is 18.8 Å². The molecule has 0 radical (unpaired) electrons. The molecular formula is C25H28FN5O2. The van der Waals surface area contributed by atoms with Crippen LogP contribution in [0.25, 0.3) is 0 Å². The van der Waals surface area contributed by atoms with Crippen LogP contribution in [0, 0.1) is 19.7 Å². The third-order valence-corrected chi connectivity index (χ3v) is 5.50. The predicted octanol–water partition coefficient (Wildman–Crippen LogP) is 3.50. The van der Waals surface area contributed by atoms with Crippen LogP contribution < -0.4 is 4.90 Å². The fourth-order valence-corrected chi connectivity index (χ4v) is 3.91. The molecule has 8 heteroatoms. The molecule has 0 unspecified atom stereocenters. The molecule has 0 bridgehead atoms. The highest BCUT2D eigenvalue weighted by Gasteiger charge is 2.28. The van der Waals surface area contributed by atoms with Gasteiger partial charge in [0.15, 0.2) is 0 Å². The summed E-state index contributed by atoms with van der Waals surface area (Å²) in [4.78, 5) is 30.2. The zero-order valence-corrected chi connectivity index (χ0v) is 19.4. The number of ether oxygens (including phenoxy) is 1. The molecule has 1 aliphatic heterocycles. The lowest BCUT2D eigenvalue weighted by molar-refractivity contribution is -0.0250. The number of carbonyl (C=O) groups excluding carboxylic acids is 1. The van der Waals surface area contributed by atoms with Gasteiger partial charge in [0.25, 0.3) is 5.91 Å². The topological polar surface area (TPSA) is 71.5 Å². The van der Waals surface area contributed by atoms with E-state index in [1.54, 1.807) is 28.0 Å². The Morgan fingerprint density at radius 2 is 1.79 bits per heavy atom. The van der Waals surface area contributed by atoms with Gasteiger partial charge in [-0.25, -0.2) is 14.4 Å². The molecule has 1 atom stereocenters. The number of aryl methyl sites for hydroxylation is 2.